The number of hydrogen-bond acceptors (Lipinski definition) is 2. The van der Waals surface area contributed by atoms with Crippen molar-refractivity contribution < 1.29 is 4.74 Å². The van der Waals surface area contributed by atoms with Crippen LogP contribution in [0.5, 0.6) is 0 Å². The lowest BCUT2D eigenvalue weighted by atomic mass is 10.1. The Morgan fingerprint density at radius 3 is 2.74 bits per heavy atom. The molecule has 1 aromatic carbocycles. The van der Waals surface area contributed by atoms with Crippen LogP contribution in [0.2, 0.25) is 0 Å². The summed E-state index contributed by atoms with van der Waals surface area (Å²) in [6.45, 7) is 10.3. The summed E-state index contributed by atoms with van der Waals surface area (Å²) in [7, 11) is 0. The highest BCUT2D eigenvalue weighted by Gasteiger charge is 1.98. The fraction of sp³-hybridized carbons (Fsp3) is 0.647. The van der Waals surface area contributed by atoms with E-state index in [9.17, 15) is 0 Å². The molecule has 0 aliphatic rings. The van der Waals surface area contributed by atoms with E-state index >= 15 is 0 Å². The van der Waals surface area contributed by atoms with Crippen LogP contribution in [0.3, 0.4) is 0 Å². The van der Waals surface area contributed by atoms with Crippen molar-refractivity contribution in [3.63, 3.8) is 0 Å². The third-order valence-electron chi connectivity index (χ3n) is 3.09. The molecule has 1 aromatic rings. The molecule has 0 aliphatic carbocycles. The summed E-state index contributed by atoms with van der Waals surface area (Å²) in [4.78, 5) is 0. The van der Waals surface area contributed by atoms with Crippen molar-refractivity contribution >= 4 is 0 Å². The molecule has 0 saturated carbocycles. The number of benzene rings is 1. The van der Waals surface area contributed by atoms with Crippen LogP contribution in [0, 0.1) is 5.92 Å². The third-order valence-corrected chi connectivity index (χ3v) is 3.09. The molecular weight excluding hydrogens is 234 g/mol. The van der Waals surface area contributed by atoms with Crippen molar-refractivity contribution in [1.82, 2.24) is 5.32 Å². The van der Waals surface area contributed by atoms with E-state index in [1.807, 2.05) is 0 Å². The highest BCUT2D eigenvalue weighted by atomic mass is 16.5. The first-order chi connectivity index (χ1) is 9.22. The molecule has 0 fully saturated rings. The summed E-state index contributed by atoms with van der Waals surface area (Å²) in [6.07, 6.45) is 3.59. The zero-order valence-electron chi connectivity index (χ0n) is 12.7. The molecule has 0 saturated heterocycles. The van der Waals surface area contributed by atoms with Crippen molar-refractivity contribution in [3.05, 3.63) is 35.4 Å². The van der Waals surface area contributed by atoms with Crippen molar-refractivity contribution in [2.45, 2.75) is 53.2 Å². The quantitative estimate of drug-likeness (QED) is 0.641. The first-order valence-corrected chi connectivity index (χ1v) is 7.58. The summed E-state index contributed by atoms with van der Waals surface area (Å²) in [5, 5.41) is 3.43. The minimum Gasteiger partial charge on any atom is -0.377 e. The predicted molar refractivity (Wildman–Crippen MR) is 82.2 cm³/mol. The Labute approximate surface area is 118 Å². The highest BCUT2D eigenvalue weighted by Crippen LogP contribution is 2.08. The van der Waals surface area contributed by atoms with Gasteiger partial charge in [-0.2, -0.15) is 0 Å². The van der Waals surface area contributed by atoms with Crippen LogP contribution in [0.25, 0.3) is 0 Å². The van der Waals surface area contributed by atoms with Crippen molar-refractivity contribution in [2.24, 2.45) is 5.92 Å². The lowest BCUT2D eigenvalue weighted by Crippen LogP contribution is -2.13. The lowest BCUT2D eigenvalue weighted by molar-refractivity contribution is 0.115. The van der Waals surface area contributed by atoms with Gasteiger partial charge in [-0.1, -0.05) is 45.0 Å². The molecular formula is C17H29NO. The maximum Gasteiger partial charge on any atom is 0.0716 e. The molecule has 0 bridgehead atoms. The summed E-state index contributed by atoms with van der Waals surface area (Å²) in [6, 6.07) is 8.68. The van der Waals surface area contributed by atoms with E-state index in [4.69, 9.17) is 4.74 Å². The Balaban J connectivity index is 2.23. The third kappa shape index (κ3) is 8.02. The summed E-state index contributed by atoms with van der Waals surface area (Å²) >= 11 is 0. The molecule has 2 heteroatoms. The zero-order valence-corrected chi connectivity index (χ0v) is 12.7. The minimum absolute atomic E-state index is 0.736. The van der Waals surface area contributed by atoms with Gasteiger partial charge in [0.05, 0.1) is 6.61 Å². The number of nitrogens with one attached hydrogen (secondary N) is 1. The highest BCUT2D eigenvalue weighted by molar-refractivity contribution is 5.22. The molecule has 108 valence electrons. The van der Waals surface area contributed by atoms with Crippen molar-refractivity contribution in [1.29, 1.82) is 0 Å². The van der Waals surface area contributed by atoms with Crippen LogP contribution in [0.4, 0.5) is 0 Å². The smallest absolute Gasteiger partial charge is 0.0716 e. The van der Waals surface area contributed by atoms with E-state index in [-0.39, 0.29) is 0 Å². The Morgan fingerprint density at radius 1 is 1.21 bits per heavy atom. The second-order valence-electron chi connectivity index (χ2n) is 5.59. The second kappa shape index (κ2) is 9.99. The van der Waals surface area contributed by atoms with Gasteiger partial charge in [0.25, 0.3) is 0 Å². The summed E-state index contributed by atoms with van der Waals surface area (Å²) in [5.41, 5.74) is 2.62. The topological polar surface area (TPSA) is 21.3 Å². The molecule has 0 aliphatic heterocycles. The predicted octanol–water partition coefficient (Wildman–Crippen LogP) is 4.14. The molecule has 0 aromatic heterocycles. The molecule has 2 nitrogen and oxygen atoms in total. The van der Waals surface area contributed by atoms with E-state index in [1.165, 1.54) is 24.0 Å². The largest absolute Gasteiger partial charge is 0.377 e. The van der Waals surface area contributed by atoms with E-state index < -0.39 is 0 Å². The molecule has 19 heavy (non-hydrogen) atoms. The van der Waals surface area contributed by atoms with Gasteiger partial charge in [0.2, 0.25) is 0 Å². The standard InChI is InChI=1S/C17H29NO/c1-4-10-18-13-16-8-5-9-17(12-16)14-19-11-6-7-15(2)3/h5,8-9,12,15,18H,4,6-7,10-11,13-14H2,1-3H3. The van der Waals surface area contributed by atoms with E-state index in [0.717, 1.165) is 38.6 Å². The van der Waals surface area contributed by atoms with Crippen LogP contribution < -0.4 is 5.32 Å². The van der Waals surface area contributed by atoms with Gasteiger partial charge in [0, 0.05) is 13.2 Å². The molecule has 0 unspecified atom stereocenters. The van der Waals surface area contributed by atoms with Crippen LogP contribution in [-0.2, 0) is 17.9 Å². The average Bonchev–Trinajstić information content (AvgIpc) is 2.39. The normalized spacial score (nSPS) is 11.2. The van der Waals surface area contributed by atoms with Crippen molar-refractivity contribution in [3.8, 4) is 0 Å². The van der Waals surface area contributed by atoms with Crippen LogP contribution in [0.15, 0.2) is 24.3 Å². The minimum atomic E-state index is 0.736. The molecule has 1 N–H and O–H groups in total. The van der Waals surface area contributed by atoms with Crippen LogP contribution >= 0.6 is 0 Å². The number of ether oxygens (including phenoxy) is 1. The zero-order chi connectivity index (χ0) is 13.9. The fourth-order valence-corrected chi connectivity index (χ4v) is 2.02. The molecule has 0 heterocycles. The van der Waals surface area contributed by atoms with Gasteiger partial charge in [-0.05, 0) is 42.9 Å². The van der Waals surface area contributed by atoms with E-state index in [0.29, 0.717) is 0 Å². The fourth-order valence-electron chi connectivity index (χ4n) is 2.02. The Bertz CT molecular complexity index is 336. The summed E-state index contributed by atoms with van der Waals surface area (Å²) in [5.74, 6) is 0.775. The maximum atomic E-state index is 5.73. The first kappa shape index (κ1) is 16.2. The Kier molecular flexibility index (Phi) is 8.52. The molecule has 0 radical (unpaired) electrons. The summed E-state index contributed by atoms with van der Waals surface area (Å²) < 4.78 is 5.73. The van der Waals surface area contributed by atoms with Gasteiger partial charge in [-0.15, -0.1) is 0 Å². The molecule has 1 rings (SSSR count). The average molecular weight is 263 g/mol. The monoisotopic (exact) mass is 263 g/mol. The van der Waals surface area contributed by atoms with Gasteiger partial charge in [0.1, 0.15) is 0 Å². The Hall–Kier alpha value is -0.860. The van der Waals surface area contributed by atoms with E-state index in [2.05, 4.69) is 50.4 Å². The van der Waals surface area contributed by atoms with E-state index in [1.54, 1.807) is 0 Å². The molecule has 0 atom stereocenters. The SMILES string of the molecule is CCCNCc1cccc(COCCCC(C)C)c1. The second-order valence-corrected chi connectivity index (χ2v) is 5.59. The van der Waals surface area contributed by atoms with Gasteiger partial charge >= 0.3 is 0 Å². The lowest BCUT2D eigenvalue weighted by Gasteiger charge is -2.08. The number of hydrogen-bond donors (Lipinski definition) is 1. The van der Waals surface area contributed by atoms with Gasteiger partial charge in [-0.25, -0.2) is 0 Å². The molecule has 0 spiro atoms. The van der Waals surface area contributed by atoms with Gasteiger partial charge < -0.3 is 10.1 Å². The molecule has 0 amide bonds. The van der Waals surface area contributed by atoms with Crippen LogP contribution in [-0.4, -0.2) is 13.2 Å². The van der Waals surface area contributed by atoms with Crippen LogP contribution in [0.1, 0.15) is 51.2 Å². The number of rotatable bonds is 10. The van der Waals surface area contributed by atoms with Crippen molar-refractivity contribution in [2.75, 3.05) is 13.2 Å². The first-order valence-electron chi connectivity index (χ1n) is 7.58. The Morgan fingerprint density at radius 2 is 2.00 bits per heavy atom. The van der Waals surface area contributed by atoms with Gasteiger partial charge in [-0.3, -0.25) is 0 Å². The maximum absolute atomic E-state index is 5.73. The van der Waals surface area contributed by atoms with Gasteiger partial charge in [0.15, 0.2) is 0 Å².